The van der Waals surface area contributed by atoms with Gasteiger partial charge in [-0.15, -0.1) is 0 Å². The van der Waals surface area contributed by atoms with Gasteiger partial charge in [0.15, 0.2) is 0 Å². The Morgan fingerprint density at radius 1 is 1.29 bits per heavy atom. The number of aliphatic hydroxyl groups is 1. The van der Waals surface area contributed by atoms with Crippen molar-refractivity contribution in [3.05, 3.63) is 35.9 Å². The third-order valence-corrected chi connectivity index (χ3v) is 4.28. The lowest BCUT2D eigenvalue weighted by molar-refractivity contribution is -0.135. The second kappa shape index (κ2) is 8.15. The number of benzene rings is 1. The molecule has 1 fully saturated rings. The second-order valence-electron chi connectivity index (χ2n) is 5.85. The monoisotopic (exact) mass is 290 g/mol. The maximum Gasteiger partial charge on any atom is 0.239 e. The van der Waals surface area contributed by atoms with Crippen LogP contribution in [0.25, 0.3) is 0 Å². The molecule has 3 N–H and O–H groups in total. The lowest BCUT2D eigenvalue weighted by Gasteiger charge is -2.31. The van der Waals surface area contributed by atoms with Crippen LogP contribution >= 0.6 is 0 Å². The normalized spacial score (nSPS) is 20.9. The van der Waals surface area contributed by atoms with Gasteiger partial charge in [-0.2, -0.15) is 0 Å². The van der Waals surface area contributed by atoms with Crippen LogP contribution in [0.5, 0.6) is 0 Å². The molecule has 116 valence electrons. The molecule has 1 saturated heterocycles. The number of carbonyl (C=O) groups excluding carboxylic acids is 1. The van der Waals surface area contributed by atoms with Crippen molar-refractivity contribution in [2.24, 2.45) is 5.73 Å². The van der Waals surface area contributed by atoms with Gasteiger partial charge in [0, 0.05) is 6.54 Å². The Hall–Kier alpha value is -1.39. The minimum absolute atomic E-state index is 0.00752. The van der Waals surface area contributed by atoms with Gasteiger partial charge in [0.1, 0.15) is 0 Å². The van der Waals surface area contributed by atoms with Crippen LogP contribution in [0.15, 0.2) is 30.3 Å². The first-order valence-electron chi connectivity index (χ1n) is 7.93. The first-order valence-corrected chi connectivity index (χ1v) is 7.93. The fourth-order valence-corrected chi connectivity index (χ4v) is 2.96. The lowest BCUT2D eigenvalue weighted by Crippen LogP contribution is -2.49. The summed E-state index contributed by atoms with van der Waals surface area (Å²) in [4.78, 5) is 14.3. The number of aryl methyl sites for hydroxylation is 1. The van der Waals surface area contributed by atoms with Crippen LogP contribution in [0, 0.1) is 0 Å². The van der Waals surface area contributed by atoms with E-state index in [0.29, 0.717) is 6.42 Å². The van der Waals surface area contributed by atoms with Gasteiger partial charge in [-0.25, -0.2) is 0 Å². The number of nitrogens with zero attached hydrogens (tertiary/aromatic N) is 1. The molecule has 4 nitrogen and oxygen atoms in total. The van der Waals surface area contributed by atoms with E-state index in [9.17, 15) is 9.90 Å². The second-order valence-corrected chi connectivity index (χ2v) is 5.85. The van der Waals surface area contributed by atoms with E-state index >= 15 is 0 Å². The number of amides is 1. The summed E-state index contributed by atoms with van der Waals surface area (Å²) >= 11 is 0. The Kier molecular flexibility index (Phi) is 6.21. The number of nitrogens with two attached hydrogens (primary N) is 1. The third kappa shape index (κ3) is 4.55. The highest BCUT2D eigenvalue weighted by molar-refractivity contribution is 5.82. The summed E-state index contributed by atoms with van der Waals surface area (Å²) in [6.07, 6.45) is 5.55. The molecule has 2 unspecified atom stereocenters. The van der Waals surface area contributed by atoms with Gasteiger partial charge in [-0.3, -0.25) is 4.79 Å². The van der Waals surface area contributed by atoms with Gasteiger partial charge in [0.2, 0.25) is 5.91 Å². The highest BCUT2D eigenvalue weighted by Gasteiger charge is 2.28. The molecule has 0 aromatic heterocycles. The maximum absolute atomic E-state index is 12.5. The molecule has 0 aliphatic carbocycles. The number of likely N-dealkylation sites (tertiary alicyclic amines) is 1. The van der Waals surface area contributed by atoms with Gasteiger partial charge in [0.25, 0.3) is 0 Å². The zero-order valence-corrected chi connectivity index (χ0v) is 12.6. The van der Waals surface area contributed by atoms with Crippen LogP contribution < -0.4 is 5.73 Å². The summed E-state index contributed by atoms with van der Waals surface area (Å²) in [5.74, 6) is -0.00752. The van der Waals surface area contributed by atoms with Gasteiger partial charge < -0.3 is 15.7 Å². The molecule has 1 heterocycles. The Morgan fingerprint density at radius 2 is 2.05 bits per heavy atom. The topological polar surface area (TPSA) is 66.6 Å². The summed E-state index contributed by atoms with van der Waals surface area (Å²) < 4.78 is 0. The summed E-state index contributed by atoms with van der Waals surface area (Å²) in [5.41, 5.74) is 7.30. The van der Waals surface area contributed by atoms with E-state index in [1.54, 1.807) is 0 Å². The highest BCUT2D eigenvalue weighted by Crippen LogP contribution is 2.18. The quantitative estimate of drug-likeness (QED) is 0.867. The van der Waals surface area contributed by atoms with E-state index in [1.807, 2.05) is 23.1 Å². The molecule has 0 bridgehead atoms. The molecule has 1 amide bonds. The van der Waals surface area contributed by atoms with Crippen molar-refractivity contribution in [2.45, 2.75) is 50.6 Å². The average molecular weight is 290 g/mol. The van der Waals surface area contributed by atoms with Crippen molar-refractivity contribution in [3.63, 3.8) is 0 Å². The number of rotatable bonds is 5. The van der Waals surface area contributed by atoms with E-state index in [-0.39, 0.29) is 18.6 Å². The molecule has 0 saturated carbocycles. The fraction of sp³-hybridized carbons (Fsp3) is 0.588. The van der Waals surface area contributed by atoms with Gasteiger partial charge in [-0.05, 0) is 31.2 Å². The summed E-state index contributed by atoms with van der Waals surface area (Å²) in [7, 11) is 0. The minimum atomic E-state index is -0.475. The predicted octanol–water partition coefficient (Wildman–Crippen LogP) is 1.71. The number of hydrogen-bond donors (Lipinski definition) is 2. The number of aliphatic hydroxyl groups excluding tert-OH is 1. The molecule has 2 atom stereocenters. The summed E-state index contributed by atoms with van der Waals surface area (Å²) in [6.45, 7) is 0.764. The van der Waals surface area contributed by atoms with Crippen molar-refractivity contribution in [1.29, 1.82) is 0 Å². The Balaban J connectivity index is 1.91. The van der Waals surface area contributed by atoms with Crippen LogP contribution in [0.1, 0.15) is 37.7 Å². The van der Waals surface area contributed by atoms with Crippen molar-refractivity contribution in [1.82, 2.24) is 4.90 Å². The van der Waals surface area contributed by atoms with Crippen LogP contribution in [0.4, 0.5) is 0 Å². The van der Waals surface area contributed by atoms with Gasteiger partial charge >= 0.3 is 0 Å². The first-order chi connectivity index (χ1) is 10.2. The first kappa shape index (κ1) is 16.0. The molecule has 0 radical (unpaired) electrons. The molecule has 21 heavy (non-hydrogen) atoms. The molecule has 1 aromatic rings. The number of carbonyl (C=O) groups is 1. The molecule has 1 aliphatic heterocycles. The Labute approximate surface area is 126 Å². The fourth-order valence-electron chi connectivity index (χ4n) is 2.96. The molecule has 0 spiro atoms. The molecular formula is C17H26N2O2. The highest BCUT2D eigenvalue weighted by atomic mass is 16.3. The molecule has 2 rings (SSSR count). The van der Waals surface area contributed by atoms with Gasteiger partial charge in [0.05, 0.1) is 18.7 Å². The number of hydrogen-bond acceptors (Lipinski definition) is 3. The summed E-state index contributed by atoms with van der Waals surface area (Å²) in [6, 6.07) is 9.57. The Morgan fingerprint density at radius 3 is 2.76 bits per heavy atom. The van der Waals surface area contributed by atoms with Crippen molar-refractivity contribution < 1.29 is 9.90 Å². The van der Waals surface area contributed by atoms with Crippen molar-refractivity contribution in [3.8, 4) is 0 Å². The zero-order chi connectivity index (χ0) is 15.1. The largest absolute Gasteiger partial charge is 0.394 e. The van der Waals surface area contributed by atoms with Crippen LogP contribution in [-0.2, 0) is 11.2 Å². The van der Waals surface area contributed by atoms with E-state index in [2.05, 4.69) is 12.1 Å². The average Bonchev–Trinajstić information content (AvgIpc) is 2.78. The van der Waals surface area contributed by atoms with Crippen molar-refractivity contribution >= 4 is 5.91 Å². The summed E-state index contributed by atoms with van der Waals surface area (Å²) in [5, 5.41) is 9.49. The maximum atomic E-state index is 12.5. The van der Waals surface area contributed by atoms with Crippen LogP contribution in [0.2, 0.25) is 0 Å². The molecular weight excluding hydrogens is 264 g/mol. The van der Waals surface area contributed by atoms with Crippen molar-refractivity contribution in [2.75, 3.05) is 13.2 Å². The molecule has 1 aliphatic rings. The third-order valence-electron chi connectivity index (χ3n) is 4.28. The minimum Gasteiger partial charge on any atom is -0.394 e. The van der Waals surface area contributed by atoms with E-state index in [0.717, 1.165) is 38.6 Å². The SMILES string of the molecule is NC(CCc1ccccc1)C(=O)N1CCCCCC1CO. The predicted molar refractivity (Wildman–Crippen MR) is 83.8 cm³/mol. The van der Waals surface area contributed by atoms with E-state index < -0.39 is 6.04 Å². The van der Waals surface area contributed by atoms with E-state index in [1.165, 1.54) is 5.56 Å². The molecule has 4 heteroatoms. The molecule has 1 aromatic carbocycles. The zero-order valence-electron chi connectivity index (χ0n) is 12.6. The standard InChI is InChI=1S/C17H26N2O2/c18-16(11-10-14-7-3-1-4-8-14)17(21)19-12-6-2-5-9-15(19)13-20/h1,3-4,7-8,15-16,20H,2,5-6,9-13,18H2. The van der Waals surface area contributed by atoms with E-state index in [4.69, 9.17) is 5.73 Å². The van der Waals surface area contributed by atoms with Gasteiger partial charge in [-0.1, -0.05) is 43.2 Å². The van der Waals surface area contributed by atoms with Crippen LogP contribution in [0.3, 0.4) is 0 Å². The smallest absolute Gasteiger partial charge is 0.239 e. The Bertz CT molecular complexity index is 436. The lowest BCUT2D eigenvalue weighted by atomic mass is 10.0. The van der Waals surface area contributed by atoms with Crippen LogP contribution in [-0.4, -0.2) is 41.1 Å².